The van der Waals surface area contributed by atoms with Crippen LogP contribution in [0.15, 0.2) is 28.8 Å². The molecule has 0 aliphatic carbocycles. The molecule has 0 fully saturated rings. The fraction of sp³-hybridized carbons (Fsp3) is 0.467. The van der Waals surface area contributed by atoms with Gasteiger partial charge >= 0.3 is 0 Å². The number of hydrogen-bond donors (Lipinski definition) is 1. The van der Waals surface area contributed by atoms with E-state index in [0.29, 0.717) is 0 Å². The van der Waals surface area contributed by atoms with Gasteiger partial charge in [-0.2, -0.15) is 0 Å². The Balaban J connectivity index is 1.97. The first-order valence-electron chi connectivity index (χ1n) is 6.95. The maximum Gasteiger partial charge on any atom is 0.151 e. The molecule has 2 aromatic heterocycles. The SMILES string of the molecule is CCN(Cc1cccc(C)n1)Cc1cc(CNC)no1. The van der Waals surface area contributed by atoms with Gasteiger partial charge in [0.05, 0.1) is 17.9 Å². The van der Waals surface area contributed by atoms with Gasteiger partial charge in [-0.15, -0.1) is 0 Å². The first kappa shape index (κ1) is 14.7. The van der Waals surface area contributed by atoms with Crippen LogP contribution in [0.3, 0.4) is 0 Å². The predicted molar refractivity (Wildman–Crippen MR) is 78.0 cm³/mol. The van der Waals surface area contributed by atoms with E-state index >= 15 is 0 Å². The van der Waals surface area contributed by atoms with Crippen LogP contribution in [0, 0.1) is 6.92 Å². The Kier molecular flexibility index (Phi) is 5.26. The van der Waals surface area contributed by atoms with Crippen molar-refractivity contribution in [1.82, 2.24) is 20.4 Å². The summed E-state index contributed by atoms with van der Waals surface area (Å²) in [5.41, 5.74) is 3.07. The molecular formula is C15H22N4O. The number of aromatic nitrogens is 2. The van der Waals surface area contributed by atoms with Gasteiger partial charge in [0.25, 0.3) is 0 Å². The van der Waals surface area contributed by atoms with E-state index in [4.69, 9.17) is 4.52 Å². The zero-order chi connectivity index (χ0) is 14.4. The van der Waals surface area contributed by atoms with Crippen molar-refractivity contribution in [2.45, 2.75) is 33.5 Å². The zero-order valence-corrected chi connectivity index (χ0v) is 12.4. The normalized spacial score (nSPS) is 11.2. The molecule has 2 rings (SSSR count). The Morgan fingerprint density at radius 1 is 1.25 bits per heavy atom. The summed E-state index contributed by atoms with van der Waals surface area (Å²) in [6.07, 6.45) is 0. The van der Waals surface area contributed by atoms with Crippen molar-refractivity contribution in [3.8, 4) is 0 Å². The Morgan fingerprint density at radius 2 is 2.10 bits per heavy atom. The number of nitrogens with zero attached hydrogens (tertiary/aromatic N) is 3. The fourth-order valence-electron chi connectivity index (χ4n) is 2.11. The van der Waals surface area contributed by atoms with Gasteiger partial charge in [-0.1, -0.05) is 18.1 Å². The van der Waals surface area contributed by atoms with Crippen molar-refractivity contribution in [2.24, 2.45) is 0 Å². The predicted octanol–water partition coefficient (Wildman–Crippen LogP) is 2.12. The minimum atomic E-state index is 0.731. The van der Waals surface area contributed by atoms with E-state index in [9.17, 15) is 0 Å². The second-order valence-corrected chi connectivity index (χ2v) is 4.89. The zero-order valence-electron chi connectivity index (χ0n) is 12.4. The minimum Gasteiger partial charge on any atom is -0.360 e. The Labute approximate surface area is 120 Å². The van der Waals surface area contributed by atoms with E-state index in [0.717, 1.165) is 49.0 Å². The molecule has 5 nitrogen and oxygen atoms in total. The summed E-state index contributed by atoms with van der Waals surface area (Å²) in [7, 11) is 1.90. The molecule has 0 bridgehead atoms. The average molecular weight is 274 g/mol. The maximum atomic E-state index is 5.36. The second-order valence-electron chi connectivity index (χ2n) is 4.89. The van der Waals surface area contributed by atoms with Crippen molar-refractivity contribution in [3.63, 3.8) is 0 Å². The van der Waals surface area contributed by atoms with Crippen LogP contribution in [-0.2, 0) is 19.6 Å². The molecule has 20 heavy (non-hydrogen) atoms. The largest absolute Gasteiger partial charge is 0.360 e. The van der Waals surface area contributed by atoms with E-state index in [1.165, 1.54) is 0 Å². The monoisotopic (exact) mass is 274 g/mol. The van der Waals surface area contributed by atoms with E-state index in [1.54, 1.807) is 0 Å². The fourth-order valence-corrected chi connectivity index (χ4v) is 2.11. The number of hydrogen-bond acceptors (Lipinski definition) is 5. The molecule has 0 saturated carbocycles. The van der Waals surface area contributed by atoms with Gasteiger partial charge in [-0.05, 0) is 32.6 Å². The molecule has 0 atom stereocenters. The number of aryl methyl sites for hydroxylation is 1. The summed E-state index contributed by atoms with van der Waals surface area (Å²) >= 11 is 0. The third kappa shape index (κ3) is 4.15. The standard InChI is InChI=1S/C15H22N4O/c1-4-19(10-13-7-5-6-12(2)17-13)11-15-8-14(9-16-3)18-20-15/h5-8,16H,4,9-11H2,1-3H3. The van der Waals surface area contributed by atoms with Crippen LogP contribution in [-0.4, -0.2) is 28.6 Å². The van der Waals surface area contributed by atoms with Gasteiger partial charge in [-0.25, -0.2) is 0 Å². The summed E-state index contributed by atoms with van der Waals surface area (Å²) in [5.74, 6) is 0.893. The highest BCUT2D eigenvalue weighted by atomic mass is 16.5. The molecule has 2 aromatic rings. The lowest BCUT2D eigenvalue weighted by atomic mass is 10.2. The summed E-state index contributed by atoms with van der Waals surface area (Å²) < 4.78 is 5.36. The molecule has 0 aliphatic heterocycles. The highest BCUT2D eigenvalue weighted by Crippen LogP contribution is 2.10. The molecule has 0 radical (unpaired) electrons. The van der Waals surface area contributed by atoms with Crippen LogP contribution in [0.4, 0.5) is 0 Å². The third-order valence-corrected chi connectivity index (χ3v) is 3.12. The lowest BCUT2D eigenvalue weighted by Crippen LogP contribution is -2.22. The van der Waals surface area contributed by atoms with Crippen LogP contribution >= 0.6 is 0 Å². The van der Waals surface area contributed by atoms with Crippen molar-refractivity contribution in [1.29, 1.82) is 0 Å². The third-order valence-electron chi connectivity index (χ3n) is 3.12. The van der Waals surface area contributed by atoms with Crippen molar-refractivity contribution >= 4 is 0 Å². The second kappa shape index (κ2) is 7.17. The lowest BCUT2D eigenvalue weighted by molar-refractivity contribution is 0.231. The highest BCUT2D eigenvalue weighted by Gasteiger charge is 2.10. The van der Waals surface area contributed by atoms with Crippen LogP contribution in [0.5, 0.6) is 0 Å². The quantitative estimate of drug-likeness (QED) is 0.838. The summed E-state index contributed by atoms with van der Waals surface area (Å²) in [4.78, 5) is 6.82. The van der Waals surface area contributed by atoms with Gasteiger partial charge in [0.2, 0.25) is 0 Å². The Bertz CT molecular complexity index is 538. The minimum absolute atomic E-state index is 0.731. The van der Waals surface area contributed by atoms with Gasteiger partial charge in [0, 0.05) is 24.8 Å². The van der Waals surface area contributed by atoms with Gasteiger partial charge in [0.1, 0.15) is 0 Å². The van der Waals surface area contributed by atoms with E-state index in [2.05, 4.69) is 33.3 Å². The molecule has 2 heterocycles. The van der Waals surface area contributed by atoms with Crippen molar-refractivity contribution in [2.75, 3.05) is 13.6 Å². The number of nitrogens with one attached hydrogen (secondary N) is 1. The first-order chi connectivity index (χ1) is 9.71. The molecule has 1 N–H and O–H groups in total. The molecule has 0 unspecified atom stereocenters. The average Bonchev–Trinajstić information content (AvgIpc) is 2.86. The maximum absolute atomic E-state index is 5.36. The lowest BCUT2D eigenvalue weighted by Gasteiger charge is -2.18. The molecule has 108 valence electrons. The molecule has 0 amide bonds. The number of pyridine rings is 1. The summed E-state index contributed by atoms with van der Waals surface area (Å²) in [6.45, 7) is 7.40. The molecular weight excluding hydrogens is 252 g/mol. The van der Waals surface area contributed by atoms with Crippen LogP contribution in [0.2, 0.25) is 0 Å². The summed E-state index contributed by atoms with van der Waals surface area (Å²) in [6, 6.07) is 8.12. The molecule has 0 spiro atoms. The van der Waals surface area contributed by atoms with E-state index < -0.39 is 0 Å². The van der Waals surface area contributed by atoms with E-state index in [1.807, 2.05) is 32.2 Å². The van der Waals surface area contributed by atoms with Crippen LogP contribution < -0.4 is 5.32 Å². The van der Waals surface area contributed by atoms with Crippen LogP contribution in [0.25, 0.3) is 0 Å². The molecule has 0 aliphatic rings. The first-order valence-corrected chi connectivity index (χ1v) is 6.95. The topological polar surface area (TPSA) is 54.2 Å². The smallest absolute Gasteiger partial charge is 0.151 e. The van der Waals surface area contributed by atoms with Gasteiger partial charge in [-0.3, -0.25) is 9.88 Å². The van der Waals surface area contributed by atoms with Gasteiger partial charge < -0.3 is 9.84 Å². The van der Waals surface area contributed by atoms with Crippen LogP contribution in [0.1, 0.15) is 29.8 Å². The molecule has 0 saturated heterocycles. The Hall–Kier alpha value is -1.72. The van der Waals surface area contributed by atoms with E-state index in [-0.39, 0.29) is 0 Å². The molecule has 5 heteroatoms. The van der Waals surface area contributed by atoms with Crippen molar-refractivity contribution < 1.29 is 4.52 Å². The van der Waals surface area contributed by atoms with Crippen molar-refractivity contribution in [3.05, 3.63) is 47.1 Å². The summed E-state index contributed by atoms with van der Waals surface area (Å²) in [5, 5.41) is 7.10. The highest BCUT2D eigenvalue weighted by molar-refractivity contribution is 5.10. The number of rotatable bonds is 7. The Morgan fingerprint density at radius 3 is 2.80 bits per heavy atom. The molecule has 0 aromatic carbocycles. The van der Waals surface area contributed by atoms with Gasteiger partial charge in [0.15, 0.2) is 5.76 Å².